The van der Waals surface area contributed by atoms with Crippen LogP contribution in [0.15, 0.2) is 29.4 Å². The Balaban J connectivity index is 1.39. The fraction of sp³-hybridized carbons (Fsp3) is 0.591. The van der Waals surface area contributed by atoms with E-state index in [0.29, 0.717) is 18.3 Å². The summed E-state index contributed by atoms with van der Waals surface area (Å²) >= 11 is 1.52. The van der Waals surface area contributed by atoms with Crippen LogP contribution >= 0.6 is 11.8 Å². The first kappa shape index (κ1) is 20.3. The zero-order chi connectivity index (χ0) is 20.4. The minimum atomic E-state index is 0.122. The number of hydrogen-bond donors (Lipinski definition) is 0. The molecule has 0 spiro atoms. The van der Waals surface area contributed by atoms with Gasteiger partial charge in [0.25, 0.3) is 0 Å². The van der Waals surface area contributed by atoms with E-state index >= 15 is 0 Å². The normalized spacial score (nSPS) is 17.6. The van der Waals surface area contributed by atoms with Crippen LogP contribution in [0.3, 0.4) is 0 Å². The molecule has 0 bridgehead atoms. The van der Waals surface area contributed by atoms with Crippen LogP contribution in [-0.4, -0.2) is 51.5 Å². The van der Waals surface area contributed by atoms with E-state index in [9.17, 15) is 4.79 Å². The molecule has 6 nitrogen and oxygen atoms in total. The second kappa shape index (κ2) is 8.78. The van der Waals surface area contributed by atoms with E-state index in [1.165, 1.54) is 48.6 Å². The van der Waals surface area contributed by atoms with Crippen molar-refractivity contribution in [3.8, 4) is 0 Å². The minimum Gasteiger partial charge on any atom is -0.341 e. The maximum atomic E-state index is 12.7. The van der Waals surface area contributed by atoms with Crippen LogP contribution in [0.5, 0.6) is 0 Å². The Kier molecular flexibility index (Phi) is 6.13. The number of piperidine rings is 1. The van der Waals surface area contributed by atoms with E-state index in [4.69, 9.17) is 0 Å². The van der Waals surface area contributed by atoms with E-state index in [1.54, 1.807) is 4.90 Å². The van der Waals surface area contributed by atoms with Gasteiger partial charge in [0.1, 0.15) is 0 Å². The molecule has 2 fully saturated rings. The van der Waals surface area contributed by atoms with Gasteiger partial charge in [-0.3, -0.25) is 9.36 Å². The Morgan fingerprint density at radius 3 is 2.59 bits per heavy atom. The standard InChI is InChI=1S/C22H31N5OS/c1-16-10-12-26(13-11-16)21-23-24-22(27(21)19-8-9-19)29-15-20(28)25(3)14-18-7-5-4-6-17(18)2/h4-7,16,19H,8-15H2,1-3H3. The van der Waals surface area contributed by atoms with Gasteiger partial charge in [-0.1, -0.05) is 43.0 Å². The van der Waals surface area contributed by atoms with Gasteiger partial charge in [-0.25, -0.2) is 0 Å². The maximum absolute atomic E-state index is 12.7. The number of carbonyl (C=O) groups excluding carboxylic acids is 1. The van der Waals surface area contributed by atoms with E-state index < -0.39 is 0 Å². The Morgan fingerprint density at radius 2 is 1.90 bits per heavy atom. The van der Waals surface area contributed by atoms with Crippen LogP contribution in [0.4, 0.5) is 5.95 Å². The third-order valence-electron chi connectivity index (χ3n) is 6.04. The van der Waals surface area contributed by atoms with Crippen molar-refractivity contribution in [2.75, 3.05) is 30.8 Å². The van der Waals surface area contributed by atoms with E-state index in [1.807, 2.05) is 19.2 Å². The van der Waals surface area contributed by atoms with E-state index in [0.717, 1.165) is 30.1 Å². The molecular formula is C22H31N5OS. The summed E-state index contributed by atoms with van der Waals surface area (Å²) < 4.78 is 2.29. The topological polar surface area (TPSA) is 54.3 Å². The maximum Gasteiger partial charge on any atom is 0.233 e. The van der Waals surface area contributed by atoms with Crippen LogP contribution in [0.25, 0.3) is 0 Å². The third-order valence-corrected chi connectivity index (χ3v) is 6.97. The smallest absolute Gasteiger partial charge is 0.233 e. The van der Waals surface area contributed by atoms with Crippen LogP contribution in [-0.2, 0) is 11.3 Å². The highest BCUT2D eigenvalue weighted by Crippen LogP contribution is 2.41. The molecule has 1 saturated carbocycles. The predicted molar refractivity (Wildman–Crippen MR) is 117 cm³/mol. The number of benzene rings is 1. The average molecular weight is 414 g/mol. The monoisotopic (exact) mass is 413 g/mol. The first-order valence-corrected chi connectivity index (χ1v) is 11.6. The fourth-order valence-corrected chi connectivity index (χ4v) is 4.75. The van der Waals surface area contributed by atoms with Crippen LogP contribution < -0.4 is 4.90 Å². The van der Waals surface area contributed by atoms with Gasteiger partial charge in [0.05, 0.1) is 5.75 Å². The molecule has 1 aromatic carbocycles. The van der Waals surface area contributed by atoms with Crippen molar-refractivity contribution in [1.82, 2.24) is 19.7 Å². The molecule has 7 heteroatoms. The summed E-state index contributed by atoms with van der Waals surface area (Å²) in [7, 11) is 1.88. The summed E-state index contributed by atoms with van der Waals surface area (Å²) in [4.78, 5) is 16.9. The summed E-state index contributed by atoms with van der Waals surface area (Å²) in [5, 5.41) is 9.87. The molecule has 0 unspecified atom stereocenters. The summed E-state index contributed by atoms with van der Waals surface area (Å²) in [6, 6.07) is 8.73. The Labute approximate surface area is 177 Å². The first-order chi connectivity index (χ1) is 14.0. The molecular weight excluding hydrogens is 382 g/mol. The second-order valence-electron chi connectivity index (χ2n) is 8.52. The zero-order valence-electron chi connectivity index (χ0n) is 17.7. The van der Waals surface area contributed by atoms with Crippen molar-refractivity contribution >= 4 is 23.6 Å². The molecule has 0 atom stereocenters. The van der Waals surface area contributed by atoms with Gasteiger partial charge in [-0.05, 0) is 49.7 Å². The van der Waals surface area contributed by atoms with Crippen molar-refractivity contribution < 1.29 is 4.79 Å². The average Bonchev–Trinajstić information content (AvgIpc) is 3.47. The van der Waals surface area contributed by atoms with Gasteiger partial charge < -0.3 is 9.80 Å². The number of thioether (sulfide) groups is 1. The third kappa shape index (κ3) is 4.77. The van der Waals surface area contributed by atoms with E-state index in [-0.39, 0.29) is 5.91 Å². The predicted octanol–water partition coefficient (Wildman–Crippen LogP) is 3.91. The summed E-state index contributed by atoms with van der Waals surface area (Å²) in [5.41, 5.74) is 2.41. The van der Waals surface area contributed by atoms with Crippen molar-refractivity contribution in [3.63, 3.8) is 0 Å². The number of rotatable bonds is 7. The van der Waals surface area contributed by atoms with Crippen molar-refractivity contribution in [2.24, 2.45) is 5.92 Å². The highest BCUT2D eigenvalue weighted by molar-refractivity contribution is 7.99. The fourth-order valence-electron chi connectivity index (χ4n) is 3.81. The van der Waals surface area contributed by atoms with Gasteiger partial charge in [-0.2, -0.15) is 0 Å². The van der Waals surface area contributed by atoms with Gasteiger partial charge in [-0.15, -0.1) is 10.2 Å². The second-order valence-corrected chi connectivity index (χ2v) is 9.46. The molecule has 156 valence electrons. The van der Waals surface area contributed by atoms with Gasteiger partial charge in [0, 0.05) is 32.7 Å². The highest BCUT2D eigenvalue weighted by atomic mass is 32.2. The lowest BCUT2D eigenvalue weighted by molar-refractivity contribution is -0.127. The summed E-state index contributed by atoms with van der Waals surface area (Å²) in [6.07, 6.45) is 4.79. The van der Waals surface area contributed by atoms with E-state index in [2.05, 4.69) is 45.6 Å². The van der Waals surface area contributed by atoms with Crippen LogP contribution in [0.2, 0.25) is 0 Å². The zero-order valence-corrected chi connectivity index (χ0v) is 18.5. The first-order valence-electron chi connectivity index (χ1n) is 10.6. The lowest BCUT2D eigenvalue weighted by atomic mass is 10.00. The quantitative estimate of drug-likeness (QED) is 0.644. The van der Waals surface area contributed by atoms with Gasteiger partial charge >= 0.3 is 0 Å². The summed E-state index contributed by atoms with van der Waals surface area (Å²) in [5.74, 6) is 2.31. The number of anilines is 1. The minimum absolute atomic E-state index is 0.122. The van der Waals surface area contributed by atoms with Crippen molar-refractivity contribution in [1.29, 1.82) is 0 Å². The molecule has 2 aromatic rings. The number of nitrogens with zero attached hydrogens (tertiary/aromatic N) is 5. The molecule has 2 heterocycles. The largest absolute Gasteiger partial charge is 0.341 e. The Hall–Kier alpha value is -2.02. The number of amides is 1. The lowest BCUT2D eigenvalue weighted by Crippen LogP contribution is -2.34. The molecule has 1 saturated heterocycles. The highest BCUT2D eigenvalue weighted by Gasteiger charge is 2.32. The molecule has 2 aliphatic rings. The molecule has 29 heavy (non-hydrogen) atoms. The van der Waals surface area contributed by atoms with Gasteiger partial charge in [0.2, 0.25) is 11.9 Å². The number of hydrogen-bond acceptors (Lipinski definition) is 5. The lowest BCUT2D eigenvalue weighted by Gasteiger charge is -2.31. The molecule has 0 radical (unpaired) electrons. The number of carbonyl (C=O) groups is 1. The van der Waals surface area contributed by atoms with Crippen molar-refractivity contribution in [2.45, 2.75) is 57.3 Å². The summed E-state index contributed by atoms with van der Waals surface area (Å²) in [6.45, 7) is 7.15. The number of aromatic nitrogens is 3. The Morgan fingerprint density at radius 1 is 1.17 bits per heavy atom. The molecule has 1 aromatic heterocycles. The number of aryl methyl sites for hydroxylation is 1. The molecule has 1 aliphatic heterocycles. The Bertz CT molecular complexity index is 855. The SMILES string of the molecule is Cc1ccccc1CN(C)C(=O)CSc1nnc(N2CCC(C)CC2)n1C1CC1. The van der Waals surface area contributed by atoms with Gasteiger partial charge in [0.15, 0.2) is 5.16 Å². The van der Waals surface area contributed by atoms with Crippen LogP contribution in [0.1, 0.15) is 49.8 Å². The molecule has 0 N–H and O–H groups in total. The molecule has 1 aliphatic carbocycles. The van der Waals surface area contributed by atoms with Crippen molar-refractivity contribution in [3.05, 3.63) is 35.4 Å². The van der Waals surface area contributed by atoms with Crippen LogP contribution in [0, 0.1) is 12.8 Å². The molecule has 1 amide bonds. The molecule has 4 rings (SSSR count).